The van der Waals surface area contributed by atoms with Crippen LogP contribution < -0.4 is 0 Å². The molecule has 6 heteroatoms. The minimum atomic E-state index is -4.35. The first-order chi connectivity index (χ1) is 10.4. The largest absolute Gasteiger partial charge is 0.601 e. The molecule has 1 aromatic heterocycles. The fraction of sp³-hybridized carbons (Fsp3) is 0.250. The van der Waals surface area contributed by atoms with E-state index < -0.39 is 16.0 Å². The van der Waals surface area contributed by atoms with E-state index in [1.165, 1.54) is 18.2 Å². The summed E-state index contributed by atoms with van der Waals surface area (Å²) in [6, 6.07) is 6.48. The number of hydrogen-bond donors (Lipinski definition) is 1. The van der Waals surface area contributed by atoms with Gasteiger partial charge in [-0.15, -0.1) is 13.2 Å². The molecule has 0 radical (unpaired) electrons. The molecule has 1 N–H and O–H groups in total. The van der Waals surface area contributed by atoms with E-state index >= 15 is 0 Å². The predicted molar refractivity (Wildman–Crippen MR) is 93.0 cm³/mol. The van der Waals surface area contributed by atoms with Gasteiger partial charge in [0.25, 0.3) is 0 Å². The summed E-state index contributed by atoms with van der Waals surface area (Å²) in [6.07, 6.45) is 2.83. The van der Waals surface area contributed by atoms with Crippen molar-refractivity contribution in [2.75, 3.05) is 0 Å². The predicted octanol–water partition coefficient (Wildman–Crippen LogP) is 7.30. The molecule has 2 rings (SSSR count). The second-order valence-electron chi connectivity index (χ2n) is 4.08. The summed E-state index contributed by atoms with van der Waals surface area (Å²) in [5, 5.41) is 0.560. The average Bonchev–Trinajstić information content (AvgIpc) is 2.81. The molecule has 0 saturated heterocycles. The van der Waals surface area contributed by atoms with Crippen LogP contribution in [0.1, 0.15) is 31.2 Å². The zero-order chi connectivity index (χ0) is 16.9. The summed E-state index contributed by atoms with van der Waals surface area (Å²) in [5.41, 5.74) is -3.87. The highest BCUT2D eigenvalue weighted by atomic mass is 32.2. The maximum atomic E-state index is 13.4. The Morgan fingerprint density at radius 3 is 2.36 bits per heavy atom. The van der Waals surface area contributed by atoms with Crippen LogP contribution in [-0.4, -0.2) is 4.55 Å². The summed E-state index contributed by atoms with van der Waals surface area (Å²) >= 11 is 0.445. The van der Waals surface area contributed by atoms with Gasteiger partial charge in [0.15, 0.2) is 9.58 Å². The minimum Gasteiger partial charge on any atom is -0.326 e. The highest BCUT2D eigenvalue weighted by Crippen LogP contribution is 2.53. The van der Waals surface area contributed by atoms with Crippen molar-refractivity contribution in [2.24, 2.45) is 0 Å². The molecule has 2 aromatic rings. The molecule has 1 nitrogen and oxygen atoms in total. The number of rotatable bonds is 3. The molecule has 0 aliphatic carbocycles. The highest BCUT2D eigenvalue weighted by molar-refractivity contribution is 7.97. The van der Waals surface area contributed by atoms with Crippen LogP contribution in [0.15, 0.2) is 35.7 Å². The van der Waals surface area contributed by atoms with Gasteiger partial charge in [-0.25, -0.2) is 0 Å². The van der Waals surface area contributed by atoms with Gasteiger partial charge in [-0.3, -0.25) is 0 Å². The standard InChI is InChI=1S/C14H11F3OS2.C2H6/c1-3-10-11-6-4-5-7-12(11)20(14(15,16)17)13(10)8-9(2)19-18;1-2/h3-8H,1H2,2H3;1-2H3/p+1/b9-8+;. The Hall–Kier alpha value is -1.24. The molecule has 22 heavy (non-hydrogen) atoms. The van der Waals surface area contributed by atoms with E-state index in [2.05, 4.69) is 6.58 Å². The maximum absolute atomic E-state index is 13.4. The topological polar surface area (TPSA) is 20.2 Å². The zero-order valence-electron chi connectivity index (χ0n) is 12.6. The van der Waals surface area contributed by atoms with Crippen molar-refractivity contribution in [1.82, 2.24) is 0 Å². The van der Waals surface area contributed by atoms with Gasteiger partial charge in [-0.2, -0.15) is 0 Å². The Balaban J connectivity index is 0.00000116. The van der Waals surface area contributed by atoms with Crippen molar-refractivity contribution in [3.05, 3.63) is 46.2 Å². The molecule has 1 heterocycles. The van der Waals surface area contributed by atoms with E-state index in [-0.39, 0.29) is 9.58 Å². The summed E-state index contributed by atoms with van der Waals surface area (Å²) in [4.78, 5) is 0.571. The normalized spacial score (nSPS) is 12.9. The van der Waals surface area contributed by atoms with Gasteiger partial charge in [0.2, 0.25) is 0 Å². The Morgan fingerprint density at radius 2 is 1.86 bits per heavy atom. The molecule has 1 aromatic carbocycles. The van der Waals surface area contributed by atoms with E-state index in [4.69, 9.17) is 4.55 Å². The SMILES string of the molecule is C=Cc1c(/C=C(\C)SO)[s+](C(F)(F)F)c2ccccc12.CC. The maximum Gasteiger partial charge on any atom is 0.601 e. The van der Waals surface area contributed by atoms with Crippen LogP contribution in [0.4, 0.5) is 13.2 Å². The summed E-state index contributed by atoms with van der Waals surface area (Å²) < 4.78 is 49.4. The lowest BCUT2D eigenvalue weighted by Gasteiger charge is -1.98. The molecule has 0 amide bonds. The van der Waals surface area contributed by atoms with Gasteiger partial charge >= 0.3 is 5.51 Å². The second-order valence-corrected chi connectivity index (χ2v) is 6.86. The van der Waals surface area contributed by atoms with Crippen LogP contribution in [0, 0.1) is 0 Å². The lowest BCUT2D eigenvalue weighted by atomic mass is 10.1. The van der Waals surface area contributed by atoms with Gasteiger partial charge in [-0.05, 0) is 19.1 Å². The molecule has 0 aliphatic heterocycles. The second kappa shape index (κ2) is 7.85. The molecular formula is C16H18F3OS2+. The van der Waals surface area contributed by atoms with Crippen molar-refractivity contribution in [3.63, 3.8) is 0 Å². The Bertz CT molecular complexity index is 684. The van der Waals surface area contributed by atoms with Gasteiger partial charge in [0.1, 0.15) is 10.5 Å². The molecule has 0 spiro atoms. The third kappa shape index (κ3) is 3.74. The molecule has 1 unspecified atom stereocenters. The number of thiophene rings is 1. The molecule has 120 valence electrons. The number of halogens is 3. The van der Waals surface area contributed by atoms with Crippen molar-refractivity contribution >= 4 is 44.8 Å². The molecule has 0 aliphatic rings. The van der Waals surface area contributed by atoms with Gasteiger partial charge in [-0.1, -0.05) is 38.6 Å². The number of fused-ring (bicyclic) bond motifs is 1. The number of allylic oxidation sites excluding steroid dienone is 1. The first kappa shape index (κ1) is 18.8. The Labute approximate surface area is 135 Å². The van der Waals surface area contributed by atoms with E-state index in [1.54, 1.807) is 25.1 Å². The summed E-state index contributed by atoms with van der Waals surface area (Å²) in [5.74, 6) is 0. The fourth-order valence-corrected chi connectivity index (χ4v) is 4.34. The first-order valence-electron chi connectivity index (χ1n) is 6.67. The van der Waals surface area contributed by atoms with Crippen LogP contribution in [0.2, 0.25) is 0 Å². The van der Waals surface area contributed by atoms with Crippen molar-refractivity contribution in [2.45, 2.75) is 26.3 Å². The lowest BCUT2D eigenvalue weighted by molar-refractivity contribution is -0.0866. The highest BCUT2D eigenvalue weighted by Gasteiger charge is 2.48. The van der Waals surface area contributed by atoms with Crippen LogP contribution in [-0.2, 0) is 5.51 Å². The number of alkyl halides is 3. The molecule has 0 bridgehead atoms. The Kier molecular flexibility index (Phi) is 6.71. The van der Waals surface area contributed by atoms with E-state index in [9.17, 15) is 13.2 Å². The van der Waals surface area contributed by atoms with Gasteiger partial charge < -0.3 is 4.55 Å². The van der Waals surface area contributed by atoms with Crippen molar-refractivity contribution in [3.8, 4) is 0 Å². The lowest BCUT2D eigenvalue weighted by Crippen LogP contribution is -1.96. The third-order valence-corrected chi connectivity index (χ3v) is 5.24. The molecular weight excluding hydrogens is 329 g/mol. The van der Waals surface area contributed by atoms with Crippen LogP contribution in [0.3, 0.4) is 0 Å². The summed E-state index contributed by atoms with van der Waals surface area (Å²) in [6.45, 7) is 9.19. The van der Waals surface area contributed by atoms with Crippen molar-refractivity contribution in [1.29, 1.82) is 0 Å². The fourth-order valence-electron chi connectivity index (χ4n) is 2.04. The van der Waals surface area contributed by atoms with Crippen LogP contribution >= 0.6 is 22.5 Å². The van der Waals surface area contributed by atoms with E-state index in [1.807, 2.05) is 13.8 Å². The summed E-state index contributed by atoms with van der Waals surface area (Å²) in [7, 11) is -2.00. The molecule has 0 saturated carbocycles. The van der Waals surface area contributed by atoms with Crippen LogP contribution in [0.5, 0.6) is 0 Å². The van der Waals surface area contributed by atoms with E-state index in [0.717, 1.165) is 0 Å². The molecule has 0 fully saturated rings. The smallest absolute Gasteiger partial charge is 0.326 e. The number of hydrogen-bond acceptors (Lipinski definition) is 2. The quantitative estimate of drug-likeness (QED) is 0.464. The zero-order valence-corrected chi connectivity index (χ0v) is 14.2. The monoisotopic (exact) mass is 347 g/mol. The number of benzene rings is 1. The van der Waals surface area contributed by atoms with Gasteiger partial charge in [0, 0.05) is 34.0 Å². The minimum absolute atomic E-state index is 0.160. The third-order valence-electron chi connectivity index (χ3n) is 2.80. The van der Waals surface area contributed by atoms with E-state index in [0.29, 0.717) is 27.9 Å². The van der Waals surface area contributed by atoms with Gasteiger partial charge in [0.05, 0.1) is 0 Å². The van der Waals surface area contributed by atoms with Crippen LogP contribution in [0.25, 0.3) is 22.2 Å². The molecule has 1 atom stereocenters. The average molecular weight is 347 g/mol. The van der Waals surface area contributed by atoms with Crippen molar-refractivity contribution < 1.29 is 17.7 Å². The first-order valence-corrected chi connectivity index (χ1v) is 8.67. The Morgan fingerprint density at radius 1 is 1.27 bits per heavy atom.